The summed E-state index contributed by atoms with van der Waals surface area (Å²) in [7, 11) is -0.728. The number of hydrogen-bond donors (Lipinski definition) is 2. The summed E-state index contributed by atoms with van der Waals surface area (Å²) < 4.78 is 47.0. The third-order valence-corrected chi connectivity index (χ3v) is 10.2. The molecule has 1 atom stereocenters. The van der Waals surface area contributed by atoms with Gasteiger partial charge in [-0.25, -0.2) is 22.8 Å². The second-order valence-electron chi connectivity index (χ2n) is 6.56. The fourth-order valence-electron chi connectivity index (χ4n) is 2.99. The predicted octanol–water partition coefficient (Wildman–Crippen LogP) is 5.42. The minimum absolute atomic E-state index is 0.0256. The van der Waals surface area contributed by atoms with Gasteiger partial charge in [0.25, 0.3) is 0 Å². The van der Waals surface area contributed by atoms with E-state index in [2.05, 4.69) is 20.0 Å². The molecule has 31 heavy (non-hydrogen) atoms. The molecule has 0 aliphatic carbocycles. The maximum atomic E-state index is 13.5. The molecular weight excluding hydrogens is 483 g/mol. The second kappa shape index (κ2) is 9.27. The van der Waals surface area contributed by atoms with E-state index in [-0.39, 0.29) is 5.02 Å². The number of rotatable bonds is 7. The molecule has 1 fully saturated rings. The molecule has 12 heteroatoms. The minimum atomic E-state index is -3.61. The van der Waals surface area contributed by atoms with E-state index in [1.807, 2.05) is 6.92 Å². The molecule has 1 saturated heterocycles. The van der Waals surface area contributed by atoms with Gasteiger partial charge in [0.15, 0.2) is 0 Å². The average Bonchev–Trinajstić information content (AvgIpc) is 3.28. The van der Waals surface area contributed by atoms with E-state index in [0.717, 1.165) is 5.75 Å². The number of halogens is 2. The maximum absolute atomic E-state index is 13.5. The van der Waals surface area contributed by atoms with Crippen molar-refractivity contribution >= 4 is 71.3 Å². The van der Waals surface area contributed by atoms with Gasteiger partial charge >= 0.3 is 0 Å². The van der Waals surface area contributed by atoms with Crippen LogP contribution in [0.2, 0.25) is 5.02 Å². The molecule has 1 aliphatic heterocycles. The SMILES string of the molecule is CCOc1cc2ncnc(Nc3ccc(F)c(Cl)c3)c2cc1NS(=O)(=O)C1CCSS1. The molecule has 2 aromatic carbocycles. The van der Waals surface area contributed by atoms with Gasteiger partial charge in [-0.2, -0.15) is 0 Å². The fourth-order valence-corrected chi connectivity index (χ4v) is 8.60. The van der Waals surface area contributed by atoms with Crippen molar-refractivity contribution in [3.05, 3.63) is 47.5 Å². The molecule has 164 valence electrons. The van der Waals surface area contributed by atoms with Gasteiger partial charge in [0.2, 0.25) is 10.0 Å². The lowest BCUT2D eigenvalue weighted by atomic mass is 10.2. The molecule has 0 saturated carbocycles. The number of sulfonamides is 1. The molecule has 0 amide bonds. The van der Waals surface area contributed by atoms with Crippen LogP contribution >= 0.6 is 33.2 Å². The van der Waals surface area contributed by atoms with Gasteiger partial charge in [-0.1, -0.05) is 33.2 Å². The summed E-state index contributed by atoms with van der Waals surface area (Å²) in [5.74, 6) is 1.06. The van der Waals surface area contributed by atoms with Crippen LogP contribution in [0.15, 0.2) is 36.7 Å². The zero-order valence-electron chi connectivity index (χ0n) is 16.3. The van der Waals surface area contributed by atoms with E-state index >= 15 is 0 Å². The molecule has 2 heterocycles. The normalized spacial score (nSPS) is 16.4. The Morgan fingerprint density at radius 2 is 2.13 bits per heavy atom. The van der Waals surface area contributed by atoms with Crippen LogP contribution in [0.4, 0.5) is 21.6 Å². The van der Waals surface area contributed by atoms with Crippen LogP contribution in [0.1, 0.15) is 13.3 Å². The lowest BCUT2D eigenvalue weighted by Crippen LogP contribution is -2.23. The first-order valence-corrected chi connectivity index (χ1v) is 13.6. The van der Waals surface area contributed by atoms with Crippen molar-refractivity contribution in [3.8, 4) is 5.75 Å². The highest BCUT2D eigenvalue weighted by Gasteiger charge is 2.31. The Bertz CT molecular complexity index is 1220. The van der Waals surface area contributed by atoms with Crippen molar-refractivity contribution in [2.45, 2.75) is 17.9 Å². The van der Waals surface area contributed by atoms with Gasteiger partial charge < -0.3 is 10.1 Å². The average molecular weight is 501 g/mol. The lowest BCUT2D eigenvalue weighted by Gasteiger charge is -2.17. The Labute approximate surface area is 192 Å². The Hall–Kier alpha value is -1.95. The molecular formula is C19H18ClFN4O3S3. The van der Waals surface area contributed by atoms with E-state index in [0.29, 0.717) is 46.9 Å². The summed E-state index contributed by atoms with van der Waals surface area (Å²) in [4.78, 5) is 8.53. The third kappa shape index (κ3) is 4.94. The first-order valence-electron chi connectivity index (χ1n) is 9.31. The first kappa shape index (κ1) is 22.3. The number of benzene rings is 2. The van der Waals surface area contributed by atoms with Gasteiger partial charge in [-0.15, -0.1) is 0 Å². The Kier molecular flexibility index (Phi) is 6.65. The number of aromatic nitrogens is 2. The standard InChI is InChI=1S/C19H18ClFN4O3S3/c1-2-28-17-9-15-12(8-16(17)25-31(26,27)18-5-6-29-30-18)19(23-10-22-15)24-11-3-4-14(21)13(20)7-11/h3-4,7-10,18,25H,2,5-6H2,1H3,(H,22,23,24). The number of hydrogen-bond acceptors (Lipinski definition) is 8. The summed E-state index contributed by atoms with van der Waals surface area (Å²) in [6.07, 6.45) is 1.95. The van der Waals surface area contributed by atoms with Crippen LogP contribution in [0.3, 0.4) is 0 Å². The van der Waals surface area contributed by atoms with Gasteiger partial charge in [-0.3, -0.25) is 4.72 Å². The molecule has 0 spiro atoms. The summed E-state index contributed by atoms with van der Waals surface area (Å²) in [6, 6.07) is 7.52. The van der Waals surface area contributed by atoms with Gasteiger partial charge in [0.05, 0.1) is 22.8 Å². The molecule has 0 radical (unpaired) electrons. The minimum Gasteiger partial charge on any atom is -0.492 e. The first-order chi connectivity index (χ1) is 14.9. The van der Waals surface area contributed by atoms with Crippen LogP contribution in [-0.4, -0.2) is 35.3 Å². The van der Waals surface area contributed by atoms with Crippen LogP contribution < -0.4 is 14.8 Å². The molecule has 3 aromatic rings. The number of nitrogens with one attached hydrogen (secondary N) is 2. The van der Waals surface area contributed by atoms with Crippen molar-refractivity contribution in [1.29, 1.82) is 0 Å². The monoisotopic (exact) mass is 500 g/mol. The quantitative estimate of drug-likeness (QED) is 0.415. The highest BCUT2D eigenvalue weighted by atomic mass is 35.5. The Morgan fingerprint density at radius 1 is 1.29 bits per heavy atom. The van der Waals surface area contributed by atoms with Gasteiger partial charge in [0, 0.05) is 22.9 Å². The molecule has 1 unspecified atom stereocenters. The van der Waals surface area contributed by atoms with Gasteiger partial charge in [-0.05, 0) is 37.6 Å². The van der Waals surface area contributed by atoms with E-state index < -0.39 is 20.4 Å². The van der Waals surface area contributed by atoms with Crippen molar-refractivity contribution in [3.63, 3.8) is 0 Å². The van der Waals surface area contributed by atoms with Gasteiger partial charge in [0.1, 0.15) is 28.3 Å². The molecule has 1 aromatic heterocycles. The topological polar surface area (TPSA) is 93.2 Å². The summed E-state index contributed by atoms with van der Waals surface area (Å²) >= 11 is 5.87. The molecule has 4 rings (SSSR count). The smallest absolute Gasteiger partial charge is 0.246 e. The van der Waals surface area contributed by atoms with Crippen molar-refractivity contribution < 1.29 is 17.5 Å². The molecule has 1 aliphatic rings. The fraction of sp³-hybridized carbons (Fsp3) is 0.263. The van der Waals surface area contributed by atoms with Crippen LogP contribution in [0.5, 0.6) is 5.75 Å². The van der Waals surface area contributed by atoms with Crippen LogP contribution in [0, 0.1) is 5.82 Å². The second-order valence-corrected chi connectivity index (χ2v) is 11.8. The Balaban J connectivity index is 1.75. The highest BCUT2D eigenvalue weighted by Crippen LogP contribution is 2.42. The van der Waals surface area contributed by atoms with E-state index in [4.69, 9.17) is 16.3 Å². The molecule has 0 bridgehead atoms. The largest absolute Gasteiger partial charge is 0.492 e. The molecule has 7 nitrogen and oxygen atoms in total. The Morgan fingerprint density at radius 3 is 2.84 bits per heavy atom. The summed E-state index contributed by atoms with van der Waals surface area (Å²) in [6.45, 7) is 2.18. The van der Waals surface area contributed by atoms with Crippen molar-refractivity contribution in [2.75, 3.05) is 22.4 Å². The van der Waals surface area contributed by atoms with Crippen LogP contribution in [0.25, 0.3) is 10.9 Å². The van der Waals surface area contributed by atoms with E-state index in [9.17, 15) is 12.8 Å². The summed E-state index contributed by atoms with van der Waals surface area (Å²) in [5.41, 5.74) is 1.39. The van der Waals surface area contributed by atoms with E-state index in [1.54, 1.807) is 22.9 Å². The van der Waals surface area contributed by atoms with Crippen molar-refractivity contribution in [1.82, 2.24) is 9.97 Å². The third-order valence-electron chi connectivity index (χ3n) is 4.43. The van der Waals surface area contributed by atoms with E-state index in [1.165, 1.54) is 35.3 Å². The lowest BCUT2D eigenvalue weighted by molar-refractivity contribution is 0.342. The number of nitrogens with zero attached hydrogens (tertiary/aromatic N) is 2. The summed E-state index contributed by atoms with van der Waals surface area (Å²) in [5, 5.41) is 3.63. The number of ether oxygens (including phenoxy) is 1. The number of fused-ring (bicyclic) bond motifs is 1. The predicted molar refractivity (Wildman–Crippen MR) is 126 cm³/mol. The zero-order valence-corrected chi connectivity index (χ0v) is 19.5. The van der Waals surface area contributed by atoms with Crippen LogP contribution in [-0.2, 0) is 10.0 Å². The maximum Gasteiger partial charge on any atom is 0.246 e. The highest BCUT2D eigenvalue weighted by molar-refractivity contribution is 8.78. The number of anilines is 3. The molecule has 2 N–H and O–H groups in total. The van der Waals surface area contributed by atoms with Crippen molar-refractivity contribution in [2.24, 2.45) is 0 Å². The zero-order chi connectivity index (χ0) is 22.0.